The molecule has 0 saturated carbocycles. The molecule has 0 aromatic heterocycles. The Morgan fingerprint density at radius 2 is 1.85 bits per heavy atom. The lowest BCUT2D eigenvalue weighted by Crippen LogP contribution is -2.42. The molecule has 2 atom stereocenters. The summed E-state index contributed by atoms with van der Waals surface area (Å²) in [7, 11) is 0. The van der Waals surface area contributed by atoms with Crippen LogP contribution in [0.2, 0.25) is 0 Å². The number of amides is 1. The number of hydrogen-bond donors (Lipinski definition) is 2. The van der Waals surface area contributed by atoms with Crippen molar-refractivity contribution in [3.63, 3.8) is 0 Å². The topological polar surface area (TPSA) is 66.4 Å². The number of nitrogens with one attached hydrogen (secondary N) is 1. The molecular weight excluding hydrogens is 261 g/mol. The Morgan fingerprint density at radius 3 is 2.30 bits per heavy atom. The highest BCUT2D eigenvalue weighted by Gasteiger charge is 2.24. The lowest BCUT2D eigenvalue weighted by Gasteiger charge is -2.21. The fraction of sp³-hybridized carbons (Fsp3) is 0.467. The summed E-state index contributed by atoms with van der Waals surface area (Å²) < 4.78 is 12.5. The molecule has 0 aliphatic heterocycles. The molecule has 5 heteroatoms. The molecule has 0 heterocycles. The van der Waals surface area contributed by atoms with Gasteiger partial charge in [0, 0.05) is 6.42 Å². The molecule has 0 spiro atoms. The number of halogens is 1. The molecule has 0 aliphatic rings. The predicted molar refractivity (Wildman–Crippen MR) is 74.2 cm³/mol. The number of alkyl halides is 1. The second kappa shape index (κ2) is 7.62. The first kappa shape index (κ1) is 16.1. The summed E-state index contributed by atoms with van der Waals surface area (Å²) in [5.74, 6) is -1.61. The fourth-order valence-corrected chi connectivity index (χ4v) is 2.06. The second-order valence-corrected chi connectivity index (χ2v) is 5.08. The van der Waals surface area contributed by atoms with E-state index in [9.17, 15) is 14.0 Å². The Labute approximate surface area is 118 Å². The highest BCUT2D eigenvalue weighted by molar-refractivity contribution is 5.84. The van der Waals surface area contributed by atoms with E-state index in [4.69, 9.17) is 5.11 Å². The van der Waals surface area contributed by atoms with Gasteiger partial charge in [-0.15, -0.1) is 0 Å². The average Bonchev–Trinajstić information content (AvgIpc) is 2.42. The van der Waals surface area contributed by atoms with Crippen LogP contribution in [0.1, 0.15) is 31.7 Å². The van der Waals surface area contributed by atoms with Crippen LogP contribution in [0.5, 0.6) is 0 Å². The minimum atomic E-state index is -1.47. The van der Waals surface area contributed by atoms with Crippen LogP contribution in [0.15, 0.2) is 30.3 Å². The van der Waals surface area contributed by atoms with Gasteiger partial charge in [0.15, 0.2) is 6.04 Å². The van der Waals surface area contributed by atoms with Gasteiger partial charge in [0.05, 0.1) is 0 Å². The SMILES string of the molecule is CC(C)C(CC(=O)NC(CF)C(=O)O)c1ccccc1. The van der Waals surface area contributed by atoms with E-state index in [1.54, 1.807) is 0 Å². The van der Waals surface area contributed by atoms with Crippen LogP contribution in [0.25, 0.3) is 0 Å². The molecule has 1 amide bonds. The van der Waals surface area contributed by atoms with Crippen LogP contribution in [0.4, 0.5) is 4.39 Å². The maximum absolute atomic E-state index is 12.5. The van der Waals surface area contributed by atoms with E-state index in [2.05, 4.69) is 5.32 Å². The van der Waals surface area contributed by atoms with Crippen molar-refractivity contribution in [1.29, 1.82) is 0 Å². The summed E-state index contributed by atoms with van der Waals surface area (Å²) in [6.07, 6.45) is 0.144. The number of benzene rings is 1. The standard InChI is InChI=1S/C15H20FNO3/c1-10(2)12(11-6-4-3-5-7-11)8-14(18)17-13(9-16)15(19)20/h3-7,10,12-13H,8-9H2,1-2H3,(H,17,18)(H,19,20). The van der Waals surface area contributed by atoms with Crippen molar-refractivity contribution in [2.75, 3.05) is 6.67 Å². The van der Waals surface area contributed by atoms with Crippen molar-refractivity contribution in [2.45, 2.75) is 32.2 Å². The number of aliphatic carboxylic acids is 1. The van der Waals surface area contributed by atoms with Crippen LogP contribution in [0, 0.1) is 5.92 Å². The second-order valence-electron chi connectivity index (χ2n) is 5.08. The van der Waals surface area contributed by atoms with Crippen LogP contribution < -0.4 is 5.32 Å². The number of carbonyl (C=O) groups is 2. The molecule has 1 aromatic rings. The first-order valence-electron chi connectivity index (χ1n) is 6.58. The highest BCUT2D eigenvalue weighted by Crippen LogP contribution is 2.27. The van der Waals surface area contributed by atoms with Gasteiger partial charge in [-0.25, -0.2) is 9.18 Å². The van der Waals surface area contributed by atoms with Crippen molar-refractivity contribution >= 4 is 11.9 Å². The fourth-order valence-electron chi connectivity index (χ4n) is 2.06. The van der Waals surface area contributed by atoms with E-state index in [-0.39, 0.29) is 18.3 Å². The van der Waals surface area contributed by atoms with Crippen LogP contribution in [-0.2, 0) is 9.59 Å². The minimum Gasteiger partial charge on any atom is -0.480 e. The number of carbonyl (C=O) groups excluding carboxylic acids is 1. The van der Waals surface area contributed by atoms with Crippen molar-refractivity contribution in [3.8, 4) is 0 Å². The Morgan fingerprint density at radius 1 is 1.25 bits per heavy atom. The number of carboxylic acids is 1. The molecular formula is C15H20FNO3. The summed E-state index contributed by atoms with van der Waals surface area (Å²) in [6.45, 7) is 2.88. The molecule has 20 heavy (non-hydrogen) atoms. The monoisotopic (exact) mass is 281 g/mol. The third kappa shape index (κ3) is 4.64. The van der Waals surface area contributed by atoms with E-state index in [0.29, 0.717) is 0 Å². The van der Waals surface area contributed by atoms with Gasteiger partial charge in [-0.3, -0.25) is 4.79 Å². The maximum atomic E-state index is 12.5. The lowest BCUT2D eigenvalue weighted by molar-refractivity contribution is -0.142. The first-order chi connectivity index (χ1) is 9.45. The lowest BCUT2D eigenvalue weighted by atomic mass is 9.85. The largest absolute Gasteiger partial charge is 0.480 e. The molecule has 0 bridgehead atoms. The summed E-state index contributed by atoms with van der Waals surface area (Å²) in [6, 6.07) is 8.08. The van der Waals surface area contributed by atoms with Crippen molar-refractivity contribution in [3.05, 3.63) is 35.9 Å². The van der Waals surface area contributed by atoms with Gasteiger partial charge in [0.1, 0.15) is 6.67 Å². The van der Waals surface area contributed by atoms with E-state index in [0.717, 1.165) is 5.56 Å². The van der Waals surface area contributed by atoms with E-state index in [1.807, 2.05) is 44.2 Å². The smallest absolute Gasteiger partial charge is 0.328 e. The Balaban J connectivity index is 2.72. The normalized spacial score (nSPS) is 13.8. The van der Waals surface area contributed by atoms with E-state index < -0.39 is 24.6 Å². The maximum Gasteiger partial charge on any atom is 0.328 e. The summed E-state index contributed by atoms with van der Waals surface area (Å²) in [5, 5.41) is 10.9. The molecule has 2 unspecified atom stereocenters. The van der Waals surface area contributed by atoms with E-state index in [1.165, 1.54) is 0 Å². The number of rotatable bonds is 7. The molecule has 0 radical (unpaired) electrons. The van der Waals surface area contributed by atoms with Crippen molar-refractivity contribution in [2.24, 2.45) is 5.92 Å². The zero-order valence-electron chi connectivity index (χ0n) is 11.7. The van der Waals surface area contributed by atoms with Gasteiger partial charge in [-0.1, -0.05) is 44.2 Å². The van der Waals surface area contributed by atoms with Crippen LogP contribution in [-0.4, -0.2) is 29.7 Å². The molecule has 110 valence electrons. The van der Waals surface area contributed by atoms with Crippen LogP contribution in [0.3, 0.4) is 0 Å². The molecule has 1 aromatic carbocycles. The first-order valence-corrected chi connectivity index (χ1v) is 6.58. The van der Waals surface area contributed by atoms with Crippen molar-refractivity contribution < 1.29 is 19.1 Å². The minimum absolute atomic E-state index is 0.0229. The van der Waals surface area contributed by atoms with Crippen molar-refractivity contribution in [1.82, 2.24) is 5.32 Å². The molecule has 0 fully saturated rings. The van der Waals surface area contributed by atoms with Gasteiger partial charge in [-0.2, -0.15) is 0 Å². The third-order valence-corrected chi connectivity index (χ3v) is 3.23. The molecule has 0 aliphatic carbocycles. The molecule has 0 saturated heterocycles. The van der Waals surface area contributed by atoms with Gasteiger partial charge in [0.25, 0.3) is 0 Å². The average molecular weight is 281 g/mol. The van der Waals surface area contributed by atoms with Gasteiger partial charge >= 0.3 is 5.97 Å². The third-order valence-electron chi connectivity index (χ3n) is 3.23. The molecule has 1 rings (SSSR count). The molecule has 2 N–H and O–H groups in total. The van der Waals surface area contributed by atoms with E-state index >= 15 is 0 Å². The Bertz CT molecular complexity index is 448. The van der Waals surface area contributed by atoms with Crippen LogP contribution >= 0.6 is 0 Å². The quantitative estimate of drug-likeness (QED) is 0.806. The summed E-state index contributed by atoms with van der Waals surface area (Å²) in [4.78, 5) is 22.6. The summed E-state index contributed by atoms with van der Waals surface area (Å²) >= 11 is 0. The zero-order valence-corrected chi connectivity index (χ0v) is 11.7. The van der Waals surface area contributed by atoms with Gasteiger partial charge in [0.2, 0.25) is 5.91 Å². The molecule has 4 nitrogen and oxygen atoms in total. The summed E-state index contributed by atoms with van der Waals surface area (Å²) in [5.41, 5.74) is 1.02. The Hall–Kier alpha value is -1.91. The predicted octanol–water partition coefficient (Wildman–Crippen LogP) is 2.36. The number of carboxylic acid groups (broad SMARTS) is 1. The zero-order chi connectivity index (χ0) is 15.1. The van der Waals surface area contributed by atoms with Gasteiger partial charge < -0.3 is 10.4 Å². The Kier molecular flexibility index (Phi) is 6.15. The van der Waals surface area contributed by atoms with Gasteiger partial charge in [-0.05, 0) is 17.4 Å². The highest BCUT2D eigenvalue weighted by atomic mass is 19.1. The number of hydrogen-bond acceptors (Lipinski definition) is 2.